The van der Waals surface area contributed by atoms with E-state index in [0.717, 1.165) is 43.2 Å². The molecule has 0 radical (unpaired) electrons. The fourth-order valence-electron chi connectivity index (χ4n) is 4.40. The molecular weight excluding hydrogens is 471 g/mol. The number of imide groups is 1. The molecule has 7 heteroatoms. The minimum Gasteiger partial charge on any atom is -0.489 e. The fraction of sp³-hybridized carbons (Fsp3) is 0.296. The molecular formula is C27H24Cl2N2O3. The monoisotopic (exact) mass is 494 g/mol. The highest BCUT2D eigenvalue weighted by atomic mass is 35.5. The normalized spacial score (nSPS) is 18.4. The van der Waals surface area contributed by atoms with Crippen molar-refractivity contribution in [1.29, 1.82) is 5.26 Å². The van der Waals surface area contributed by atoms with Crippen molar-refractivity contribution < 1.29 is 14.3 Å². The Morgan fingerprint density at radius 3 is 2.41 bits per heavy atom. The summed E-state index contributed by atoms with van der Waals surface area (Å²) in [5.74, 6) is -0.156. The van der Waals surface area contributed by atoms with Gasteiger partial charge in [0.05, 0.1) is 0 Å². The molecule has 0 N–H and O–H groups in total. The van der Waals surface area contributed by atoms with E-state index in [4.69, 9.17) is 27.9 Å². The van der Waals surface area contributed by atoms with E-state index in [1.807, 2.05) is 24.3 Å². The average Bonchev–Trinajstić information content (AvgIpc) is 2.83. The van der Waals surface area contributed by atoms with E-state index in [-0.39, 0.29) is 17.5 Å². The van der Waals surface area contributed by atoms with Gasteiger partial charge in [-0.2, -0.15) is 5.26 Å². The maximum absolute atomic E-state index is 13.3. The number of nitrogens with zero attached hydrogens (tertiary/aromatic N) is 2. The molecule has 5 nitrogen and oxygen atoms in total. The third-order valence-electron chi connectivity index (χ3n) is 6.31. The summed E-state index contributed by atoms with van der Waals surface area (Å²) in [5, 5.41) is 10.7. The zero-order valence-corrected chi connectivity index (χ0v) is 20.3. The molecule has 34 heavy (non-hydrogen) atoms. The Morgan fingerprint density at radius 2 is 1.76 bits per heavy atom. The smallest absolute Gasteiger partial charge is 0.271 e. The summed E-state index contributed by atoms with van der Waals surface area (Å²) in [7, 11) is 0. The number of benzene rings is 2. The van der Waals surface area contributed by atoms with Crippen LogP contribution in [0.3, 0.4) is 0 Å². The SMILES string of the molecule is CC1=C(C#N)C(=O)N(C2CCCCC2)C(=O)/C1=C/c1ccc(OCc2ccc(Cl)cc2Cl)cc1. The highest BCUT2D eigenvalue weighted by molar-refractivity contribution is 6.35. The van der Waals surface area contributed by atoms with E-state index in [0.29, 0.717) is 33.5 Å². The number of hydrogen-bond acceptors (Lipinski definition) is 4. The maximum Gasteiger partial charge on any atom is 0.271 e. The van der Waals surface area contributed by atoms with Gasteiger partial charge >= 0.3 is 0 Å². The Bertz CT molecular complexity index is 1220. The third-order valence-corrected chi connectivity index (χ3v) is 6.90. The molecule has 2 aromatic carbocycles. The van der Waals surface area contributed by atoms with Crippen LogP contribution in [0.25, 0.3) is 6.08 Å². The Balaban J connectivity index is 1.55. The molecule has 0 saturated heterocycles. The van der Waals surface area contributed by atoms with Gasteiger partial charge in [-0.3, -0.25) is 14.5 Å². The first-order valence-corrected chi connectivity index (χ1v) is 12.0. The quantitative estimate of drug-likeness (QED) is 0.351. The maximum atomic E-state index is 13.3. The van der Waals surface area contributed by atoms with Crippen LogP contribution in [0.5, 0.6) is 5.75 Å². The molecule has 0 bridgehead atoms. The van der Waals surface area contributed by atoms with Crippen LogP contribution < -0.4 is 4.74 Å². The second kappa shape index (κ2) is 10.5. The number of amides is 2. The predicted octanol–water partition coefficient (Wildman–Crippen LogP) is 6.50. The minimum atomic E-state index is -0.473. The Hall–Kier alpha value is -3.07. The summed E-state index contributed by atoms with van der Waals surface area (Å²) in [5.41, 5.74) is 2.43. The lowest BCUT2D eigenvalue weighted by Gasteiger charge is -2.36. The molecule has 174 valence electrons. The van der Waals surface area contributed by atoms with Gasteiger partial charge in [-0.15, -0.1) is 0 Å². The predicted molar refractivity (Wildman–Crippen MR) is 132 cm³/mol. The molecule has 1 fully saturated rings. The van der Waals surface area contributed by atoms with Gasteiger partial charge in [0, 0.05) is 27.2 Å². The molecule has 0 unspecified atom stereocenters. The van der Waals surface area contributed by atoms with Gasteiger partial charge in [0.2, 0.25) is 0 Å². The summed E-state index contributed by atoms with van der Waals surface area (Å²) in [6.45, 7) is 1.95. The first-order valence-electron chi connectivity index (χ1n) is 11.3. The van der Waals surface area contributed by atoms with E-state index >= 15 is 0 Å². The van der Waals surface area contributed by atoms with Crippen LogP contribution in [0.15, 0.2) is 59.2 Å². The highest BCUT2D eigenvalue weighted by Crippen LogP contribution is 2.32. The summed E-state index contributed by atoms with van der Waals surface area (Å²) < 4.78 is 5.82. The molecule has 1 heterocycles. The van der Waals surface area contributed by atoms with Crippen molar-refractivity contribution in [2.75, 3.05) is 0 Å². The number of rotatable bonds is 5. The van der Waals surface area contributed by atoms with Crippen LogP contribution in [0.4, 0.5) is 0 Å². The third kappa shape index (κ3) is 5.04. The molecule has 0 aromatic heterocycles. The van der Waals surface area contributed by atoms with Crippen molar-refractivity contribution in [2.24, 2.45) is 0 Å². The molecule has 2 aliphatic rings. The molecule has 0 atom stereocenters. The van der Waals surface area contributed by atoms with E-state index in [1.165, 1.54) is 4.90 Å². The number of halogens is 2. The van der Waals surface area contributed by atoms with E-state index in [1.54, 1.807) is 37.3 Å². The van der Waals surface area contributed by atoms with Crippen LogP contribution >= 0.6 is 23.2 Å². The van der Waals surface area contributed by atoms with Crippen LogP contribution in [0, 0.1) is 11.3 Å². The van der Waals surface area contributed by atoms with E-state index < -0.39 is 5.91 Å². The molecule has 4 rings (SSSR count). The number of hydrogen-bond donors (Lipinski definition) is 0. The molecule has 2 aromatic rings. The van der Waals surface area contributed by atoms with Crippen molar-refractivity contribution in [3.63, 3.8) is 0 Å². The van der Waals surface area contributed by atoms with Gasteiger partial charge in [-0.1, -0.05) is 60.7 Å². The van der Waals surface area contributed by atoms with E-state index in [9.17, 15) is 14.9 Å². The van der Waals surface area contributed by atoms with Crippen molar-refractivity contribution in [3.8, 4) is 11.8 Å². The summed E-state index contributed by atoms with van der Waals surface area (Å²) in [6.07, 6.45) is 6.37. The summed E-state index contributed by atoms with van der Waals surface area (Å²) >= 11 is 12.1. The van der Waals surface area contributed by atoms with Gasteiger partial charge in [0.25, 0.3) is 11.8 Å². The van der Waals surface area contributed by atoms with Crippen LogP contribution in [-0.2, 0) is 16.2 Å². The Kier molecular flexibility index (Phi) is 7.41. The lowest BCUT2D eigenvalue weighted by Crippen LogP contribution is -2.49. The van der Waals surface area contributed by atoms with Crippen molar-refractivity contribution in [2.45, 2.75) is 51.7 Å². The zero-order valence-electron chi connectivity index (χ0n) is 18.8. The average molecular weight is 495 g/mol. The molecule has 1 aliphatic heterocycles. The summed E-state index contributed by atoms with van der Waals surface area (Å²) in [4.78, 5) is 27.6. The van der Waals surface area contributed by atoms with Crippen LogP contribution in [0.1, 0.15) is 50.2 Å². The first kappa shape index (κ1) is 24.1. The Labute approximate surface area is 209 Å². The van der Waals surface area contributed by atoms with Gasteiger partial charge in [0.15, 0.2) is 0 Å². The molecule has 1 saturated carbocycles. The Morgan fingerprint density at radius 1 is 1.06 bits per heavy atom. The van der Waals surface area contributed by atoms with E-state index in [2.05, 4.69) is 0 Å². The number of ether oxygens (including phenoxy) is 1. The number of nitriles is 1. The fourth-order valence-corrected chi connectivity index (χ4v) is 4.86. The number of carbonyl (C=O) groups excluding carboxylic acids is 2. The lowest BCUT2D eigenvalue weighted by atomic mass is 9.88. The topological polar surface area (TPSA) is 70.4 Å². The van der Waals surface area contributed by atoms with Gasteiger partial charge in [-0.05, 0) is 61.2 Å². The van der Waals surface area contributed by atoms with Gasteiger partial charge in [0.1, 0.15) is 24.0 Å². The van der Waals surface area contributed by atoms with Gasteiger partial charge < -0.3 is 4.74 Å². The second-order valence-corrected chi connectivity index (χ2v) is 9.38. The first-order chi connectivity index (χ1) is 16.4. The molecule has 1 aliphatic carbocycles. The second-order valence-electron chi connectivity index (χ2n) is 8.54. The standard InChI is InChI=1S/C27H24Cl2N2O3/c1-17-23(26(32)31(27(33)24(17)15-30)21-5-3-2-4-6-21)13-18-7-11-22(12-8-18)34-16-19-9-10-20(28)14-25(19)29/h7-14,21H,2-6,16H2,1H3/b23-13+. The highest BCUT2D eigenvalue weighted by Gasteiger charge is 2.39. The van der Waals surface area contributed by atoms with Crippen LogP contribution in [-0.4, -0.2) is 22.8 Å². The molecule has 0 spiro atoms. The minimum absolute atomic E-state index is 0.0382. The van der Waals surface area contributed by atoms with Crippen LogP contribution in [0.2, 0.25) is 10.0 Å². The summed E-state index contributed by atoms with van der Waals surface area (Å²) in [6, 6.07) is 14.4. The molecule has 2 amide bonds. The number of carbonyl (C=O) groups is 2. The lowest BCUT2D eigenvalue weighted by molar-refractivity contribution is -0.143. The van der Waals surface area contributed by atoms with Crippen molar-refractivity contribution in [1.82, 2.24) is 4.90 Å². The van der Waals surface area contributed by atoms with Crippen molar-refractivity contribution in [3.05, 3.63) is 80.4 Å². The van der Waals surface area contributed by atoms with Gasteiger partial charge in [-0.25, -0.2) is 0 Å². The zero-order chi connectivity index (χ0) is 24.2. The van der Waals surface area contributed by atoms with Crippen molar-refractivity contribution >= 4 is 41.1 Å². The largest absolute Gasteiger partial charge is 0.489 e.